The molecule has 8 nitrogen and oxygen atoms in total. The lowest BCUT2D eigenvalue weighted by atomic mass is 10.0. The number of fused-ring (bicyclic) bond motifs is 1. The highest BCUT2D eigenvalue weighted by atomic mass is 16.5. The molecule has 2 heterocycles. The van der Waals surface area contributed by atoms with Gasteiger partial charge in [-0.15, -0.1) is 0 Å². The number of aryl methyl sites for hydroxylation is 1. The van der Waals surface area contributed by atoms with Crippen LogP contribution in [0.1, 0.15) is 24.4 Å². The summed E-state index contributed by atoms with van der Waals surface area (Å²) in [6, 6.07) is 7.66. The minimum absolute atomic E-state index is 0.0609. The van der Waals surface area contributed by atoms with Crippen LogP contribution in [0.2, 0.25) is 0 Å². The molecular weight excluding hydrogens is 346 g/mol. The maximum absolute atomic E-state index is 12.6. The number of methoxy groups -OCH3 is 1. The van der Waals surface area contributed by atoms with Crippen molar-refractivity contribution in [3.05, 3.63) is 52.7 Å². The number of rotatable bonds is 6. The normalized spacial score (nSPS) is 14.9. The predicted molar refractivity (Wildman–Crippen MR) is 99.4 cm³/mol. The summed E-state index contributed by atoms with van der Waals surface area (Å²) in [6.07, 6.45) is 5.04. The van der Waals surface area contributed by atoms with E-state index in [-0.39, 0.29) is 24.1 Å². The highest BCUT2D eigenvalue weighted by Gasteiger charge is 2.33. The number of benzene rings is 1. The molecule has 1 fully saturated rings. The van der Waals surface area contributed by atoms with Crippen LogP contribution in [0, 0.1) is 5.92 Å². The molecule has 1 saturated carbocycles. The molecule has 0 bridgehead atoms. The number of nitrogens with zero attached hydrogens (tertiary/aromatic N) is 4. The average molecular weight is 367 g/mol. The van der Waals surface area contributed by atoms with Gasteiger partial charge in [0.2, 0.25) is 5.91 Å². The minimum Gasteiger partial charge on any atom is -0.497 e. The summed E-state index contributed by atoms with van der Waals surface area (Å²) in [5, 5.41) is 7.52. The van der Waals surface area contributed by atoms with E-state index in [0.717, 1.165) is 24.2 Å². The van der Waals surface area contributed by atoms with Crippen LogP contribution in [0.5, 0.6) is 5.75 Å². The second-order valence-electron chi connectivity index (χ2n) is 6.84. The molecule has 27 heavy (non-hydrogen) atoms. The van der Waals surface area contributed by atoms with E-state index in [1.807, 2.05) is 24.3 Å². The number of amides is 1. The molecule has 0 radical (unpaired) electrons. The Hall–Kier alpha value is -3.16. The number of carbonyl (C=O) groups is 1. The maximum Gasteiger partial charge on any atom is 0.264 e. The molecule has 1 atom stereocenters. The minimum atomic E-state index is -0.268. The molecule has 0 spiro atoms. The quantitative estimate of drug-likeness (QED) is 0.711. The van der Waals surface area contributed by atoms with Crippen LogP contribution in [0.25, 0.3) is 11.0 Å². The first kappa shape index (κ1) is 17.3. The van der Waals surface area contributed by atoms with Gasteiger partial charge in [0.1, 0.15) is 24.0 Å². The first-order valence-electron chi connectivity index (χ1n) is 8.87. The SMILES string of the molecule is COc1ccc([C@H](NC(=O)Cn2cnc3c(cnn3C)c2=O)C2CC2)cc1. The molecule has 140 valence electrons. The molecular formula is C19H21N5O3. The zero-order valence-electron chi connectivity index (χ0n) is 15.3. The van der Waals surface area contributed by atoms with Crippen molar-refractivity contribution in [3.8, 4) is 5.75 Å². The van der Waals surface area contributed by atoms with Crippen molar-refractivity contribution >= 4 is 16.9 Å². The lowest BCUT2D eigenvalue weighted by Gasteiger charge is -2.19. The zero-order valence-corrected chi connectivity index (χ0v) is 15.3. The maximum atomic E-state index is 12.6. The van der Waals surface area contributed by atoms with Gasteiger partial charge in [-0.3, -0.25) is 18.8 Å². The van der Waals surface area contributed by atoms with Crippen LogP contribution in [0.4, 0.5) is 0 Å². The Morgan fingerprint density at radius 3 is 2.74 bits per heavy atom. The van der Waals surface area contributed by atoms with E-state index < -0.39 is 0 Å². The number of carbonyl (C=O) groups excluding carboxylic acids is 1. The standard InChI is InChI=1S/C19H21N5O3/c1-23-18-15(9-21-23)19(26)24(11-20-18)10-16(25)22-17(12-3-4-12)13-5-7-14(27-2)8-6-13/h5-9,11-12,17H,3-4,10H2,1-2H3,(H,22,25)/t17-/m1/s1. The van der Waals surface area contributed by atoms with E-state index >= 15 is 0 Å². The highest BCUT2D eigenvalue weighted by Crippen LogP contribution is 2.41. The third-order valence-corrected chi connectivity index (χ3v) is 4.92. The van der Waals surface area contributed by atoms with Crippen molar-refractivity contribution in [1.82, 2.24) is 24.6 Å². The monoisotopic (exact) mass is 367 g/mol. The summed E-state index contributed by atoms with van der Waals surface area (Å²) in [6.45, 7) is -0.0734. The topological polar surface area (TPSA) is 91.0 Å². The smallest absolute Gasteiger partial charge is 0.264 e. The molecule has 8 heteroatoms. The third kappa shape index (κ3) is 3.42. The van der Waals surface area contributed by atoms with E-state index in [0.29, 0.717) is 17.0 Å². The van der Waals surface area contributed by atoms with E-state index in [1.165, 1.54) is 21.8 Å². The number of hydrogen-bond donors (Lipinski definition) is 1. The number of aromatic nitrogens is 4. The van der Waals surface area contributed by atoms with Crippen molar-refractivity contribution in [2.24, 2.45) is 13.0 Å². The van der Waals surface area contributed by atoms with Crippen LogP contribution < -0.4 is 15.6 Å². The summed E-state index contributed by atoms with van der Waals surface area (Å²) in [7, 11) is 3.35. The fourth-order valence-corrected chi connectivity index (χ4v) is 3.27. The zero-order chi connectivity index (χ0) is 19.0. The van der Waals surface area contributed by atoms with Gasteiger partial charge in [-0.2, -0.15) is 5.10 Å². The Balaban J connectivity index is 1.52. The van der Waals surface area contributed by atoms with Crippen LogP contribution in [0.15, 0.2) is 41.6 Å². The van der Waals surface area contributed by atoms with Gasteiger partial charge in [-0.25, -0.2) is 4.98 Å². The first-order valence-corrected chi connectivity index (χ1v) is 8.87. The summed E-state index contributed by atoms with van der Waals surface area (Å²) in [5.74, 6) is 0.995. The second-order valence-corrected chi connectivity index (χ2v) is 6.84. The Labute approximate surface area is 155 Å². The molecule has 0 saturated heterocycles. The largest absolute Gasteiger partial charge is 0.497 e. The van der Waals surface area contributed by atoms with Crippen molar-refractivity contribution in [3.63, 3.8) is 0 Å². The van der Waals surface area contributed by atoms with Gasteiger partial charge >= 0.3 is 0 Å². The van der Waals surface area contributed by atoms with Crippen LogP contribution in [-0.2, 0) is 18.4 Å². The van der Waals surface area contributed by atoms with Gasteiger partial charge in [-0.1, -0.05) is 12.1 Å². The molecule has 1 aromatic carbocycles. The molecule has 1 N–H and O–H groups in total. The van der Waals surface area contributed by atoms with E-state index in [9.17, 15) is 9.59 Å². The summed E-state index contributed by atoms with van der Waals surface area (Å²) in [4.78, 5) is 29.4. The molecule has 0 aliphatic heterocycles. The van der Waals surface area contributed by atoms with Crippen LogP contribution >= 0.6 is 0 Å². The molecule has 4 rings (SSSR count). The lowest BCUT2D eigenvalue weighted by Crippen LogP contribution is -2.35. The Kier molecular flexibility index (Phi) is 4.39. The molecule has 1 aliphatic rings. The van der Waals surface area contributed by atoms with E-state index in [1.54, 1.807) is 14.2 Å². The van der Waals surface area contributed by atoms with Gasteiger partial charge in [0.25, 0.3) is 5.56 Å². The third-order valence-electron chi connectivity index (χ3n) is 4.92. The number of nitrogens with one attached hydrogen (secondary N) is 1. The second kappa shape index (κ2) is 6.86. The van der Waals surface area contributed by atoms with Crippen molar-refractivity contribution in [1.29, 1.82) is 0 Å². The van der Waals surface area contributed by atoms with Gasteiger partial charge in [-0.05, 0) is 36.5 Å². The Bertz CT molecular complexity index is 1030. The Morgan fingerprint density at radius 2 is 2.07 bits per heavy atom. The summed E-state index contributed by atoms with van der Waals surface area (Å²) < 4.78 is 8.05. The highest BCUT2D eigenvalue weighted by molar-refractivity contribution is 5.77. The van der Waals surface area contributed by atoms with Gasteiger partial charge in [0, 0.05) is 7.05 Å². The number of ether oxygens (including phenoxy) is 1. The van der Waals surface area contributed by atoms with Crippen molar-refractivity contribution in [2.75, 3.05) is 7.11 Å². The predicted octanol–water partition coefficient (Wildman–Crippen LogP) is 1.41. The van der Waals surface area contributed by atoms with Crippen molar-refractivity contribution in [2.45, 2.75) is 25.4 Å². The molecule has 2 aromatic heterocycles. The molecule has 1 aliphatic carbocycles. The van der Waals surface area contributed by atoms with Gasteiger partial charge in [0.15, 0.2) is 5.65 Å². The average Bonchev–Trinajstić information content (AvgIpc) is 3.45. The summed E-state index contributed by atoms with van der Waals surface area (Å²) in [5.41, 5.74) is 1.28. The fourth-order valence-electron chi connectivity index (χ4n) is 3.27. The number of hydrogen-bond acceptors (Lipinski definition) is 5. The molecule has 3 aromatic rings. The summed E-state index contributed by atoms with van der Waals surface area (Å²) >= 11 is 0. The van der Waals surface area contributed by atoms with E-state index in [2.05, 4.69) is 15.4 Å². The Morgan fingerprint density at radius 1 is 1.33 bits per heavy atom. The fraction of sp³-hybridized carbons (Fsp3) is 0.368. The molecule has 1 amide bonds. The van der Waals surface area contributed by atoms with E-state index in [4.69, 9.17) is 4.74 Å². The lowest BCUT2D eigenvalue weighted by molar-refractivity contribution is -0.122. The van der Waals surface area contributed by atoms with Crippen LogP contribution in [0.3, 0.4) is 0 Å². The molecule has 0 unspecified atom stereocenters. The van der Waals surface area contributed by atoms with Gasteiger partial charge in [0.05, 0.1) is 19.3 Å². The van der Waals surface area contributed by atoms with Crippen molar-refractivity contribution < 1.29 is 9.53 Å². The first-order chi connectivity index (χ1) is 13.1. The van der Waals surface area contributed by atoms with Crippen LogP contribution in [-0.4, -0.2) is 32.3 Å². The van der Waals surface area contributed by atoms with Gasteiger partial charge < -0.3 is 10.1 Å².